The third-order valence-electron chi connectivity index (χ3n) is 6.49. The van der Waals surface area contributed by atoms with Gasteiger partial charge in [-0.2, -0.15) is 0 Å². The van der Waals surface area contributed by atoms with Crippen LogP contribution in [0.2, 0.25) is 0 Å². The van der Waals surface area contributed by atoms with Crippen molar-refractivity contribution in [2.45, 2.75) is 58.4 Å². The summed E-state index contributed by atoms with van der Waals surface area (Å²) < 4.78 is 0. The number of aryl methyl sites for hydroxylation is 2. The Bertz CT molecular complexity index is 814. The number of nitrogens with one attached hydrogen (secondary N) is 1. The van der Waals surface area contributed by atoms with Gasteiger partial charge in [0.15, 0.2) is 0 Å². The van der Waals surface area contributed by atoms with Crippen molar-refractivity contribution in [3.05, 3.63) is 27.4 Å². The van der Waals surface area contributed by atoms with E-state index in [1.54, 1.807) is 18.7 Å². The zero-order chi connectivity index (χ0) is 19.1. The molecule has 27 heavy (non-hydrogen) atoms. The molecule has 1 saturated carbocycles. The topological polar surface area (TPSA) is 86.4 Å². The number of amides is 2. The summed E-state index contributed by atoms with van der Waals surface area (Å²) in [7, 11) is 0. The molecule has 4 heterocycles. The van der Waals surface area contributed by atoms with Gasteiger partial charge in [-0.1, -0.05) is 6.42 Å². The van der Waals surface area contributed by atoms with E-state index in [0.29, 0.717) is 36.1 Å². The van der Waals surface area contributed by atoms with Gasteiger partial charge in [0.1, 0.15) is 5.82 Å². The first-order chi connectivity index (χ1) is 12.9. The Morgan fingerprint density at radius 1 is 1.15 bits per heavy atom. The quantitative estimate of drug-likeness (QED) is 0.860. The van der Waals surface area contributed by atoms with Gasteiger partial charge < -0.3 is 14.8 Å². The third kappa shape index (κ3) is 3.51. The summed E-state index contributed by atoms with van der Waals surface area (Å²) in [6.45, 7) is 5.41. The number of nitrogens with zero attached hydrogens (tertiary/aromatic N) is 3. The summed E-state index contributed by atoms with van der Waals surface area (Å²) in [6.07, 6.45) is 5.58. The Balaban J connectivity index is 1.49. The smallest absolute Gasteiger partial charge is 0.254 e. The summed E-state index contributed by atoms with van der Waals surface area (Å²) in [5.41, 5.74) is 0.791. The molecule has 1 N–H and O–H groups in total. The van der Waals surface area contributed by atoms with Crippen molar-refractivity contribution in [3.63, 3.8) is 0 Å². The van der Waals surface area contributed by atoms with Gasteiger partial charge in [0.2, 0.25) is 11.8 Å². The van der Waals surface area contributed by atoms with Crippen LogP contribution in [0.4, 0.5) is 0 Å². The lowest BCUT2D eigenvalue weighted by Gasteiger charge is -2.40. The van der Waals surface area contributed by atoms with E-state index in [9.17, 15) is 14.4 Å². The second kappa shape index (κ2) is 7.09. The molecule has 5 rings (SSSR count). The van der Waals surface area contributed by atoms with Crippen molar-refractivity contribution in [1.29, 1.82) is 0 Å². The number of aromatic nitrogens is 2. The van der Waals surface area contributed by atoms with Crippen LogP contribution in [0, 0.1) is 25.7 Å². The van der Waals surface area contributed by atoms with Gasteiger partial charge >= 0.3 is 0 Å². The van der Waals surface area contributed by atoms with Crippen LogP contribution in [0.5, 0.6) is 0 Å². The first-order valence-corrected chi connectivity index (χ1v) is 10.1. The molecule has 1 aliphatic carbocycles. The highest BCUT2D eigenvalue weighted by Gasteiger charge is 2.42. The first-order valence-electron chi connectivity index (χ1n) is 10.1. The summed E-state index contributed by atoms with van der Waals surface area (Å²) in [4.78, 5) is 48.9. The highest BCUT2D eigenvalue weighted by molar-refractivity contribution is 5.84. The molecule has 2 bridgehead atoms. The van der Waals surface area contributed by atoms with Crippen LogP contribution in [-0.2, 0) is 16.0 Å². The standard InChI is InChI=1S/C20H28N4O3/c1-12-17(19(26)22-13(2)21-12)8-18(25)23-10-15-6-7-16(11-23)24(20(15)27)9-14-4-3-5-14/h14-16H,3-11H2,1-2H3,(H,21,22,26). The van der Waals surface area contributed by atoms with Gasteiger partial charge in [0.05, 0.1) is 12.3 Å². The minimum absolute atomic E-state index is 0.0463. The lowest BCUT2D eigenvalue weighted by Crippen LogP contribution is -2.50. The molecule has 1 aromatic rings. The molecule has 4 fully saturated rings. The number of piperidine rings is 1. The number of hydrogen-bond acceptors (Lipinski definition) is 4. The number of rotatable bonds is 4. The van der Waals surface area contributed by atoms with Crippen molar-refractivity contribution in [2.24, 2.45) is 11.8 Å². The normalized spacial score (nSPS) is 25.5. The number of carbonyl (C=O) groups excluding carboxylic acids is 2. The number of hydrogen-bond donors (Lipinski definition) is 1. The van der Waals surface area contributed by atoms with Gasteiger partial charge in [-0.3, -0.25) is 14.4 Å². The van der Waals surface area contributed by atoms with Gasteiger partial charge in [0, 0.05) is 36.9 Å². The molecule has 2 unspecified atom stereocenters. The summed E-state index contributed by atoms with van der Waals surface area (Å²) in [6, 6.07) is 0.122. The average molecular weight is 372 g/mol. The van der Waals surface area contributed by atoms with E-state index in [1.807, 2.05) is 0 Å². The Morgan fingerprint density at radius 2 is 1.93 bits per heavy atom. The summed E-state index contributed by atoms with van der Waals surface area (Å²) in [5.74, 6) is 1.24. The summed E-state index contributed by atoms with van der Waals surface area (Å²) >= 11 is 0. The zero-order valence-electron chi connectivity index (χ0n) is 16.2. The largest absolute Gasteiger partial charge is 0.340 e. The maximum absolute atomic E-state index is 12.9. The number of aromatic amines is 1. The Hall–Kier alpha value is -2.18. The van der Waals surface area contributed by atoms with E-state index >= 15 is 0 Å². The lowest BCUT2D eigenvalue weighted by molar-refractivity contribution is -0.141. The average Bonchev–Trinajstić information content (AvgIpc) is 2.86. The van der Waals surface area contributed by atoms with Gasteiger partial charge in [-0.15, -0.1) is 0 Å². The van der Waals surface area contributed by atoms with Crippen LogP contribution >= 0.6 is 0 Å². The molecule has 3 saturated heterocycles. The molecule has 0 aromatic carbocycles. The van der Waals surface area contributed by atoms with E-state index in [2.05, 4.69) is 14.9 Å². The Morgan fingerprint density at radius 3 is 2.59 bits per heavy atom. The molecule has 7 nitrogen and oxygen atoms in total. The molecule has 146 valence electrons. The molecule has 0 radical (unpaired) electrons. The fraction of sp³-hybridized carbons (Fsp3) is 0.700. The fourth-order valence-electron chi connectivity index (χ4n) is 4.66. The number of carbonyl (C=O) groups is 2. The molecular formula is C20H28N4O3. The first kappa shape index (κ1) is 18.2. The van der Waals surface area contributed by atoms with Crippen molar-refractivity contribution in [3.8, 4) is 0 Å². The molecular weight excluding hydrogens is 344 g/mol. The number of H-pyrrole nitrogens is 1. The molecule has 1 aromatic heterocycles. The van der Waals surface area contributed by atoms with Crippen LogP contribution in [0.1, 0.15) is 49.2 Å². The maximum Gasteiger partial charge on any atom is 0.254 e. The predicted molar refractivity (Wildman–Crippen MR) is 100 cm³/mol. The molecule has 7 heteroatoms. The zero-order valence-corrected chi connectivity index (χ0v) is 16.2. The second-order valence-corrected chi connectivity index (χ2v) is 8.41. The Labute approximate surface area is 159 Å². The van der Waals surface area contributed by atoms with Crippen molar-refractivity contribution in [2.75, 3.05) is 19.6 Å². The SMILES string of the molecule is Cc1nc(C)c(CC(=O)N2CC3CCC(C2)N(CC2CCC2)C3=O)c(=O)[nH]1. The van der Waals surface area contributed by atoms with Crippen LogP contribution in [0.3, 0.4) is 0 Å². The molecule has 2 atom stereocenters. The van der Waals surface area contributed by atoms with E-state index in [4.69, 9.17) is 0 Å². The molecule has 0 spiro atoms. The number of fused-ring (bicyclic) bond motifs is 4. The highest BCUT2D eigenvalue weighted by atomic mass is 16.2. The highest BCUT2D eigenvalue weighted by Crippen LogP contribution is 2.34. The fourth-order valence-corrected chi connectivity index (χ4v) is 4.66. The van der Waals surface area contributed by atoms with E-state index < -0.39 is 0 Å². The lowest BCUT2D eigenvalue weighted by atomic mass is 9.83. The van der Waals surface area contributed by atoms with Gasteiger partial charge in [-0.25, -0.2) is 4.98 Å². The molecule has 2 amide bonds. The van der Waals surface area contributed by atoms with E-state index in [1.165, 1.54) is 19.3 Å². The predicted octanol–water partition coefficient (Wildman–Crippen LogP) is 1.18. The van der Waals surface area contributed by atoms with Crippen LogP contribution in [0.15, 0.2) is 4.79 Å². The Kier molecular flexibility index (Phi) is 4.78. The van der Waals surface area contributed by atoms with E-state index in [-0.39, 0.29) is 35.8 Å². The minimum Gasteiger partial charge on any atom is -0.340 e. The molecule has 3 aliphatic heterocycles. The van der Waals surface area contributed by atoms with Crippen molar-refractivity contribution >= 4 is 11.8 Å². The summed E-state index contributed by atoms with van der Waals surface area (Å²) in [5, 5.41) is 0. The molecule has 4 aliphatic rings. The van der Waals surface area contributed by atoms with Crippen LogP contribution < -0.4 is 5.56 Å². The second-order valence-electron chi connectivity index (χ2n) is 8.41. The third-order valence-corrected chi connectivity index (χ3v) is 6.49. The van der Waals surface area contributed by atoms with Crippen LogP contribution in [0.25, 0.3) is 0 Å². The van der Waals surface area contributed by atoms with Crippen molar-refractivity contribution < 1.29 is 9.59 Å². The van der Waals surface area contributed by atoms with Crippen molar-refractivity contribution in [1.82, 2.24) is 19.8 Å². The maximum atomic E-state index is 12.9. The van der Waals surface area contributed by atoms with E-state index in [0.717, 1.165) is 19.4 Å². The van der Waals surface area contributed by atoms with Gasteiger partial charge in [0.25, 0.3) is 5.56 Å². The van der Waals surface area contributed by atoms with Gasteiger partial charge in [-0.05, 0) is 45.4 Å². The van der Waals surface area contributed by atoms with Crippen LogP contribution in [-0.4, -0.2) is 57.3 Å². The minimum atomic E-state index is -0.242. The monoisotopic (exact) mass is 372 g/mol.